The maximum atomic E-state index is 12.4. The van der Waals surface area contributed by atoms with Gasteiger partial charge in [-0.25, -0.2) is 4.98 Å². The van der Waals surface area contributed by atoms with Gasteiger partial charge in [-0.15, -0.1) is 0 Å². The summed E-state index contributed by atoms with van der Waals surface area (Å²) in [6.07, 6.45) is 2.59. The normalized spacial score (nSPS) is 11.0. The van der Waals surface area contributed by atoms with E-state index in [4.69, 9.17) is 21.3 Å². The molecule has 176 valence electrons. The van der Waals surface area contributed by atoms with E-state index < -0.39 is 0 Å². The smallest absolute Gasteiger partial charge is 0.251 e. The lowest BCUT2D eigenvalue weighted by Crippen LogP contribution is -2.26. The van der Waals surface area contributed by atoms with Crippen molar-refractivity contribution in [2.45, 2.75) is 39.7 Å². The number of ether oxygens (including phenoxy) is 1. The third-order valence-corrected chi connectivity index (χ3v) is 6.25. The van der Waals surface area contributed by atoms with Crippen molar-refractivity contribution in [3.8, 4) is 5.75 Å². The molecule has 0 spiro atoms. The van der Waals surface area contributed by atoms with Gasteiger partial charge in [0.05, 0.1) is 17.6 Å². The highest BCUT2D eigenvalue weighted by molar-refractivity contribution is 6.30. The third kappa shape index (κ3) is 5.97. The van der Waals surface area contributed by atoms with E-state index in [1.54, 1.807) is 24.3 Å². The van der Waals surface area contributed by atoms with Crippen LogP contribution in [0.4, 0.5) is 0 Å². The predicted molar refractivity (Wildman–Crippen MR) is 138 cm³/mol. The van der Waals surface area contributed by atoms with Gasteiger partial charge in [-0.1, -0.05) is 29.8 Å². The molecule has 4 rings (SSSR count). The van der Waals surface area contributed by atoms with Gasteiger partial charge >= 0.3 is 0 Å². The van der Waals surface area contributed by atoms with Crippen LogP contribution in [0, 0.1) is 13.8 Å². The van der Waals surface area contributed by atoms with E-state index in [2.05, 4.69) is 41.9 Å². The van der Waals surface area contributed by atoms with Crippen molar-refractivity contribution in [3.63, 3.8) is 0 Å². The van der Waals surface area contributed by atoms with Crippen LogP contribution >= 0.6 is 11.6 Å². The topological polar surface area (TPSA) is 56.1 Å². The van der Waals surface area contributed by atoms with Crippen molar-refractivity contribution in [2.24, 2.45) is 0 Å². The summed E-state index contributed by atoms with van der Waals surface area (Å²) in [7, 11) is 0. The Morgan fingerprint density at radius 2 is 1.79 bits per heavy atom. The number of aryl methyl sites for hydroxylation is 3. The quantitative estimate of drug-likeness (QED) is 0.280. The molecule has 3 aromatic carbocycles. The van der Waals surface area contributed by atoms with Crippen molar-refractivity contribution in [1.29, 1.82) is 0 Å². The van der Waals surface area contributed by atoms with Gasteiger partial charge in [-0.3, -0.25) is 4.79 Å². The molecule has 6 heteroatoms. The Kier molecular flexibility index (Phi) is 7.86. The Bertz CT molecular complexity index is 1260. The van der Waals surface area contributed by atoms with Gasteiger partial charge in [-0.2, -0.15) is 0 Å². The molecule has 0 saturated carbocycles. The number of nitrogens with one attached hydrogen (secondary N) is 1. The summed E-state index contributed by atoms with van der Waals surface area (Å²) in [6.45, 7) is 6.26. The number of halogens is 1. The highest BCUT2D eigenvalue weighted by Crippen LogP contribution is 2.19. The first-order valence-electron chi connectivity index (χ1n) is 11.7. The Morgan fingerprint density at radius 1 is 1.00 bits per heavy atom. The fourth-order valence-electron chi connectivity index (χ4n) is 3.92. The van der Waals surface area contributed by atoms with Crippen LogP contribution in [0.3, 0.4) is 0 Å². The van der Waals surface area contributed by atoms with Crippen molar-refractivity contribution >= 4 is 28.5 Å². The van der Waals surface area contributed by atoms with Gasteiger partial charge in [0.2, 0.25) is 0 Å². The number of amides is 1. The second-order valence-corrected chi connectivity index (χ2v) is 8.92. The summed E-state index contributed by atoms with van der Waals surface area (Å²) >= 11 is 5.91. The molecule has 34 heavy (non-hydrogen) atoms. The molecular formula is C28H30ClN3O2. The van der Waals surface area contributed by atoms with Gasteiger partial charge in [0.15, 0.2) is 0 Å². The Labute approximate surface area is 205 Å². The SMILES string of the molecule is Cc1ccc(OCCCCn2c(CCNC(=O)c3ccc(Cl)cc3)nc3ccccc32)cc1C. The van der Waals surface area contributed by atoms with Crippen molar-refractivity contribution in [2.75, 3.05) is 13.2 Å². The standard InChI is InChI=1S/C28H30ClN3O2/c1-20-9-14-24(19-21(20)2)34-18-6-5-17-32-26-8-4-3-7-25(26)31-27(32)15-16-30-28(33)22-10-12-23(29)13-11-22/h3-4,7-14,19H,5-6,15-18H2,1-2H3,(H,30,33). The number of benzene rings is 3. The number of fused-ring (bicyclic) bond motifs is 1. The number of para-hydroxylation sites is 2. The van der Waals surface area contributed by atoms with Gasteiger partial charge in [0, 0.05) is 30.1 Å². The van der Waals surface area contributed by atoms with E-state index >= 15 is 0 Å². The number of carbonyl (C=O) groups is 1. The molecule has 1 heterocycles. The fraction of sp³-hybridized carbons (Fsp3) is 0.286. The molecule has 0 radical (unpaired) electrons. The second kappa shape index (κ2) is 11.2. The lowest BCUT2D eigenvalue weighted by atomic mass is 10.1. The number of aromatic nitrogens is 2. The number of nitrogens with zero attached hydrogens (tertiary/aromatic N) is 2. The summed E-state index contributed by atoms with van der Waals surface area (Å²) in [5.41, 5.74) is 5.22. The minimum Gasteiger partial charge on any atom is -0.494 e. The zero-order chi connectivity index (χ0) is 23.9. The second-order valence-electron chi connectivity index (χ2n) is 8.48. The van der Waals surface area contributed by atoms with Gasteiger partial charge in [0.25, 0.3) is 5.91 Å². The lowest BCUT2D eigenvalue weighted by Gasteiger charge is -2.11. The zero-order valence-corrected chi connectivity index (χ0v) is 20.4. The number of unbranched alkanes of at least 4 members (excludes halogenated alkanes) is 1. The number of imidazole rings is 1. The van der Waals surface area contributed by atoms with Crippen LogP contribution in [0.5, 0.6) is 5.75 Å². The molecule has 4 aromatic rings. The van der Waals surface area contributed by atoms with Gasteiger partial charge < -0.3 is 14.6 Å². The van der Waals surface area contributed by atoms with Crippen molar-refractivity contribution in [3.05, 3.63) is 94.3 Å². The molecule has 0 aliphatic carbocycles. The molecule has 0 saturated heterocycles. The first-order valence-corrected chi connectivity index (χ1v) is 12.1. The summed E-state index contributed by atoms with van der Waals surface area (Å²) in [4.78, 5) is 17.2. The minimum atomic E-state index is -0.109. The van der Waals surface area contributed by atoms with E-state index in [1.807, 2.05) is 24.3 Å². The number of rotatable bonds is 10. The highest BCUT2D eigenvalue weighted by Gasteiger charge is 2.11. The molecule has 5 nitrogen and oxygen atoms in total. The van der Waals surface area contributed by atoms with Gasteiger partial charge in [-0.05, 0) is 86.3 Å². The lowest BCUT2D eigenvalue weighted by molar-refractivity contribution is 0.0954. The van der Waals surface area contributed by atoms with Crippen LogP contribution < -0.4 is 10.1 Å². The van der Waals surface area contributed by atoms with Crippen LogP contribution in [-0.4, -0.2) is 28.6 Å². The maximum absolute atomic E-state index is 12.4. The Balaban J connectivity index is 1.32. The average molecular weight is 476 g/mol. The monoisotopic (exact) mass is 475 g/mol. The molecule has 0 unspecified atom stereocenters. The molecule has 1 amide bonds. The zero-order valence-electron chi connectivity index (χ0n) is 19.7. The van der Waals surface area contributed by atoms with Crippen LogP contribution in [0.1, 0.15) is 40.2 Å². The largest absolute Gasteiger partial charge is 0.494 e. The van der Waals surface area contributed by atoms with Gasteiger partial charge in [0.1, 0.15) is 11.6 Å². The van der Waals surface area contributed by atoms with E-state index in [-0.39, 0.29) is 5.91 Å². The molecule has 1 aromatic heterocycles. The van der Waals surface area contributed by atoms with Crippen molar-refractivity contribution < 1.29 is 9.53 Å². The van der Waals surface area contributed by atoms with Crippen LogP contribution in [0.15, 0.2) is 66.7 Å². The third-order valence-electron chi connectivity index (χ3n) is 6.00. The molecule has 0 atom stereocenters. The van der Waals surface area contributed by atoms with E-state index in [0.29, 0.717) is 30.2 Å². The molecule has 0 fully saturated rings. The van der Waals surface area contributed by atoms with Crippen LogP contribution in [0.25, 0.3) is 11.0 Å². The van der Waals surface area contributed by atoms with E-state index in [1.165, 1.54) is 11.1 Å². The molecule has 0 aliphatic heterocycles. The summed E-state index contributed by atoms with van der Waals surface area (Å²) in [5.74, 6) is 1.80. The van der Waals surface area contributed by atoms with E-state index in [9.17, 15) is 4.79 Å². The van der Waals surface area contributed by atoms with E-state index in [0.717, 1.165) is 42.0 Å². The fourth-order valence-corrected chi connectivity index (χ4v) is 4.05. The highest BCUT2D eigenvalue weighted by atomic mass is 35.5. The maximum Gasteiger partial charge on any atom is 0.251 e. The number of carbonyl (C=O) groups excluding carboxylic acids is 1. The van der Waals surface area contributed by atoms with Crippen LogP contribution in [-0.2, 0) is 13.0 Å². The Hall–Kier alpha value is -3.31. The molecular weight excluding hydrogens is 446 g/mol. The summed E-state index contributed by atoms with van der Waals surface area (Å²) < 4.78 is 8.20. The predicted octanol–water partition coefficient (Wildman–Crippen LogP) is 6.14. The Morgan fingerprint density at radius 3 is 2.59 bits per heavy atom. The number of hydrogen-bond acceptors (Lipinski definition) is 3. The van der Waals surface area contributed by atoms with Crippen molar-refractivity contribution in [1.82, 2.24) is 14.9 Å². The molecule has 0 aliphatic rings. The first-order chi connectivity index (χ1) is 16.5. The summed E-state index contributed by atoms with van der Waals surface area (Å²) in [5, 5.41) is 3.60. The molecule has 0 bridgehead atoms. The van der Waals surface area contributed by atoms with Crippen LogP contribution in [0.2, 0.25) is 5.02 Å². The number of hydrogen-bond donors (Lipinski definition) is 1. The minimum absolute atomic E-state index is 0.109. The first kappa shape index (κ1) is 23.8. The summed E-state index contributed by atoms with van der Waals surface area (Å²) in [6, 6.07) is 21.3. The molecule has 1 N–H and O–H groups in total. The average Bonchev–Trinajstić information content (AvgIpc) is 3.19.